The first-order valence-electron chi connectivity index (χ1n) is 6.84. The molecule has 0 saturated heterocycles. The Morgan fingerprint density at radius 3 is 2.60 bits per heavy atom. The van der Waals surface area contributed by atoms with Crippen molar-refractivity contribution in [3.63, 3.8) is 0 Å². The Hall–Kier alpha value is -2.11. The summed E-state index contributed by atoms with van der Waals surface area (Å²) in [7, 11) is 1.53. The monoisotopic (exact) mass is 278 g/mol. The minimum Gasteiger partial charge on any atom is -0.370 e. The third kappa shape index (κ3) is 4.87. The van der Waals surface area contributed by atoms with E-state index >= 15 is 0 Å². The van der Waals surface area contributed by atoms with Gasteiger partial charge in [-0.1, -0.05) is 13.3 Å². The van der Waals surface area contributed by atoms with Crippen molar-refractivity contribution in [2.45, 2.75) is 26.7 Å². The van der Waals surface area contributed by atoms with E-state index in [1.54, 1.807) is 12.1 Å². The highest BCUT2D eigenvalue weighted by Gasteiger charge is 2.10. The lowest BCUT2D eigenvalue weighted by Gasteiger charge is -2.09. The van der Waals surface area contributed by atoms with Crippen LogP contribution in [0, 0.1) is 0 Å². The van der Waals surface area contributed by atoms with Crippen LogP contribution in [0.15, 0.2) is 12.1 Å². The third-order valence-electron chi connectivity index (χ3n) is 2.69. The van der Waals surface area contributed by atoms with Gasteiger partial charge in [-0.3, -0.25) is 9.59 Å². The number of pyridine rings is 1. The molecule has 0 unspecified atom stereocenters. The number of nitrogens with zero attached hydrogens (tertiary/aromatic N) is 1. The largest absolute Gasteiger partial charge is 0.370 e. The van der Waals surface area contributed by atoms with Gasteiger partial charge >= 0.3 is 0 Å². The molecule has 1 rings (SSSR count). The van der Waals surface area contributed by atoms with Crippen molar-refractivity contribution < 1.29 is 9.59 Å². The van der Waals surface area contributed by atoms with Gasteiger partial charge in [-0.15, -0.1) is 0 Å². The van der Waals surface area contributed by atoms with E-state index in [2.05, 4.69) is 27.9 Å². The topological polar surface area (TPSA) is 83.1 Å². The molecule has 0 saturated carbocycles. The number of likely N-dealkylation sites (N-methyl/N-ethyl adjacent to an activating group) is 1. The van der Waals surface area contributed by atoms with Crippen molar-refractivity contribution in [2.75, 3.05) is 25.5 Å². The molecule has 1 aromatic rings. The minimum atomic E-state index is -0.271. The maximum Gasteiger partial charge on any atom is 0.251 e. The standard InChI is InChI=1S/C14H22N4O2/c1-4-6-11-7-10(8-12(18-11)16-5-2)14(20)17-9-13(19)15-3/h7-8H,4-6,9H2,1-3H3,(H,15,19)(H,16,18)(H,17,20). The molecule has 3 N–H and O–H groups in total. The quantitative estimate of drug-likeness (QED) is 0.693. The molecule has 1 heterocycles. The summed E-state index contributed by atoms with van der Waals surface area (Å²) in [5, 5.41) is 8.15. The van der Waals surface area contributed by atoms with Crippen molar-refractivity contribution in [1.29, 1.82) is 0 Å². The van der Waals surface area contributed by atoms with E-state index in [-0.39, 0.29) is 18.4 Å². The highest BCUT2D eigenvalue weighted by atomic mass is 16.2. The average molecular weight is 278 g/mol. The van der Waals surface area contributed by atoms with E-state index < -0.39 is 0 Å². The van der Waals surface area contributed by atoms with E-state index in [0.717, 1.165) is 25.1 Å². The molecule has 20 heavy (non-hydrogen) atoms. The van der Waals surface area contributed by atoms with Crippen molar-refractivity contribution >= 4 is 17.6 Å². The fourth-order valence-corrected chi connectivity index (χ4v) is 1.73. The molecule has 2 amide bonds. The molecular weight excluding hydrogens is 256 g/mol. The smallest absolute Gasteiger partial charge is 0.251 e. The van der Waals surface area contributed by atoms with Gasteiger partial charge in [0.2, 0.25) is 5.91 Å². The fourth-order valence-electron chi connectivity index (χ4n) is 1.73. The van der Waals surface area contributed by atoms with Gasteiger partial charge < -0.3 is 16.0 Å². The van der Waals surface area contributed by atoms with E-state index in [4.69, 9.17) is 0 Å². The van der Waals surface area contributed by atoms with E-state index in [1.165, 1.54) is 7.05 Å². The zero-order valence-electron chi connectivity index (χ0n) is 12.2. The second-order valence-electron chi connectivity index (χ2n) is 4.37. The molecule has 1 aromatic heterocycles. The Bertz CT molecular complexity index is 450. The molecule has 0 aliphatic carbocycles. The molecule has 6 nitrogen and oxygen atoms in total. The van der Waals surface area contributed by atoms with Crippen LogP contribution in [0.4, 0.5) is 5.82 Å². The van der Waals surface area contributed by atoms with Crippen molar-refractivity contribution in [1.82, 2.24) is 15.6 Å². The fraction of sp³-hybridized carbons (Fsp3) is 0.500. The van der Waals surface area contributed by atoms with Crippen LogP contribution < -0.4 is 16.0 Å². The Morgan fingerprint density at radius 1 is 1.25 bits per heavy atom. The molecule has 0 fully saturated rings. The lowest BCUT2D eigenvalue weighted by Crippen LogP contribution is -2.35. The van der Waals surface area contributed by atoms with Crippen LogP contribution in [0.1, 0.15) is 36.3 Å². The zero-order valence-corrected chi connectivity index (χ0v) is 12.2. The van der Waals surface area contributed by atoms with Gasteiger partial charge in [-0.2, -0.15) is 0 Å². The SMILES string of the molecule is CCCc1cc(C(=O)NCC(=O)NC)cc(NCC)n1. The molecule has 0 spiro atoms. The molecule has 6 heteroatoms. The summed E-state index contributed by atoms with van der Waals surface area (Å²) in [6.45, 7) is 4.74. The predicted octanol–water partition coefficient (Wildman–Crippen LogP) is 0.942. The Kier molecular flexibility index (Phi) is 6.49. The first kappa shape index (κ1) is 15.9. The van der Waals surface area contributed by atoms with Crippen molar-refractivity contribution in [3.05, 3.63) is 23.4 Å². The van der Waals surface area contributed by atoms with Gasteiger partial charge in [0.1, 0.15) is 5.82 Å². The number of anilines is 1. The van der Waals surface area contributed by atoms with Gasteiger partial charge in [0, 0.05) is 24.8 Å². The molecule has 0 aromatic carbocycles. The van der Waals surface area contributed by atoms with Gasteiger partial charge in [0.25, 0.3) is 5.91 Å². The molecule has 110 valence electrons. The molecule has 0 atom stereocenters. The summed E-state index contributed by atoms with van der Waals surface area (Å²) < 4.78 is 0. The molecule has 0 aliphatic heterocycles. The number of aromatic nitrogens is 1. The van der Waals surface area contributed by atoms with Crippen LogP contribution in [0.2, 0.25) is 0 Å². The Balaban J connectivity index is 2.85. The second-order valence-corrected chi connectivity index (χ2v) is 4.37. The highest BCUT2D eigenvalue weighted by molar-refractivity contribution is 5.97. The number of rotatable bonds is 7. The lowest BCUT2D eigenvalue weighted by atomic mass is 10.1. The summed E-state index contributed by atoms with van der Waals surface area (Å²) in [6, 6.07) is 3.46. The summed E-state index contributed by atoms with van der Waals surface area (Å²) in [5.74, 6) is 0.184. The third-order valence-corrected chi connectivity index (χ3v) is 2.69. The summed E-state index contributed by atoms with van der Waals surface area (Å²) in [5.41, 5.74) is 1.39. The maximum atomic E-state index is 12.0. The van der Waals surface area contributed by atoms with Crippen LogP contribution in [0.25, 0.3) is 0 Å². The highest BCUT2D eigenvalue weighted by Crippen LogP contribution is 2.12. The molecule has 0 aliphatic rings. The summed E-state index contributed by atoms with van der Waals surface area (Å²) in [4.78, 5) is 27.6. The van der Waals surface area contributed by atoms with E-state index in [9.17, 15) is 9.59 Å². The predicted molar refractivity (Wildman–Crippen MR) is 78.8 cm³/mol. The van der Waals surface area contributed by atoms with Crippen molar-refractivity contribution in [2.24, 2.45) is 0 Å². The number of carbonyl (C=O) groups is 2. The first-order valence-corrected chi connectivity index (χ1v) is 6.84. The number of hydrogen-bond donors (Lipinski definition) is 3. The Labute approximate surface area is 119 Å². The van der Waals surface area contributed by atoms with Crippen LogP contribution in [0.3, 0.4) is 0 Å². The van der Waals surface area contributed by atoms with Crippen LogP contribution in [0.5, 0.6) is 0 Å². The Morgan fingerprint density at radius 2 is 2.00 bits per heavy atom. The lowest BCUT2D eigenvalue weighted by molar-refractivity contribution is -0.119. The van der Waals surface area contributed by atoms with Crippen LogP contribution in [-0.4, -0.2) is 36.9 Å². The molecular formula is C14H22N4O2. The van der Waals surface area contributed by atoms with Gasteiger partial charge in [-0.05, 0) is 25.5 Å². The van der Waals surface area contributed by atoms with Gasteiger partial charge in [-0.25, -0.2) is 4.98 Å². The summed E-state index contributed by atoms with van der Waals surface area (Å²) >= 11 is 0. The first-order chi connectivity index (χ1) is 9.60. The average Bonchev–Trinajstić information content (AvgIpc) is 2.44. The van der Waals surface area contributed by atoms with Gasteiger partial charge in [0.15, 0.2) is 0 Å². The van der Waals surface area contributed by atoms with Gasteiger partial charge in [0.05, 0.1) is 6.54 Å². The minimum absolute atomic E-state index is 0.0304. The molecule has 0 bridgehead atoms. The van der Waals surface area contributed by atoms with Crippen LogP contribution in [-0.2, 0) is 11.2 Å². The van der Waals surface area contributed by atoms with Crippen LogP contribution >= 0.6 is 0 Å². The number of amides is 2. The van der Waals surface area contributed by atoms with E-state index in [1.807, 2.05) is 6.92 Å². The number of aryl methyl sites for hydroxylation is 1. The number of carbonyl (C=O) groups excluding carboxylic acids is 2. The van der Waals surface area contributed by atoms with Crippen molar-refractivity contribution in [3.8, 4) is 0 Å². The number of hydrogen-bond acceptors (Lipinski definition) is 4. The maximum absolute atomic E-state index is 12.0. The molecule has 0 radical (unpaired) electrons. The zero-order chi connectivity index (χ0) is 15.0. The second kappa shape index (κ2) is 8.14. The summed E-state index contributed by atoms with van der Waals surface area (Å²) in [6.07, 6.45) is 1.77. The normalized spacial score (nSPS) is 9.95. The number of nitrogens with one attached hydrogen (secondary N) is 3. The van der Waals surface area contributed by atoms with E-state index in [0.29, 0.717) is 11.4 Å².